The summed E-state index contributed by atoms with van der Waals surface area (Å²) in [6, 6.07) is 21.4. The molecule has 6 heteroatoms. The van der Waals surface area contributed by atoms with Crippen LogP contribution in [0.25, 0.3) is 0 Å². The molecule has 1 N–H and O–H groups in total. The van der Waals surface area contributed by atoms with Gasteiger partial charge in [-0.05, 0) is 66.4 Å². The van der Waals surface area contributed by atoms with E-state index in [4.69, 9.17) is 14.2 Å². The minimum atomic E-state index is -0.143. The van der Waals surface area contributed by atoms with Gasteiger partial charge in [0.1, 0.15) is 5.75 Å². The molecule has 178 valence electrons. The molecule has 0 fully saturated rings. The van der Waals surface area contributed by atoms with Crippen LogP contribution in [0, 0.1) is 0 Å². The molecule has 0 saturated carbocycles. The average Bonchev–Trinajstić information content (AvgIpc) is 2.88. The van der Waals surface area contributed by atoms with Crippen LogP contribution >= 0.6 is 0 Å². The fourth-order valence-electron chi connectivity index (χ4n) is 4.76. The van der Waals surface area contributed by atoms with Gasteiger partial charge in [-0.2, -0.15) is 0 Å². The topological polar surface area (TPSA) is 60.0 Å². The third kappa shape index (κ3) is 5.02. The Morgan fingerprint density at radius 1 is 0.971 bits per heavy atom. The van der Waals surface area contributed by atoms with E-state index in [-0.39, 0.29) is 18.0 Å². The number of rotatable bonds is 8. The molecule has 3 aromatic rings. The van der Waals surface area contributed by atoms with E-state index in [0.717, 1.165) is 42.1 Å². The maximum atomic E-state index is 13.0. The van der Waals surface area contributed by atoms with Crippen molar-refractivity contribution in [3.05, 3.63) is 89.0 Å². The van der Waals surface area contributed by atoms with Gasteiger partial charge in [0, 0.05) is 24.7 Å². The molecule has 1 amide bonds. The number of hydrogen-bond donors (Lipinski definition) is 1. The van der Waals surface area contributed by atoms with Crippen LogP contribution in [-0.2, 0) is 13.0 Å². The first kappa shape index (κ1) is 23.6. The second-order valence-corrected chi connectivity index (χ2v) is 8.55. The zero-order valence-electron chi connectivity index (χ0n) is 20.2. The SMILES string of the molecule is COc1cccc(CN2CCc3cc(OC)c(OC)cc3C2C(C)NC(=O)c2ccccc2)c1. The summed E-state index contributed by atoms with van der Waals surface area (Å²) in [4.78, 5) is 15.4. The van der Waals surface area contributed by atoms with Crippen LogP contribution in [0.1, 0.15) is 40.0 Å². The molecule has 6 nitrogen and oxygen atoms in total. The Kier molecular flexibility index (Phi) is 7.38. The van der Waals surface area contributed by atoms with E-state index >= 15 is 0 Å². The number of fused-ring (bicyclic) bond motifs is 1. The maximum Gasteiger partial charge on any atom is 0.251 e. The summed E-state index contributed by atoms with van der Waals surface area (Å²) in [6.07, 6.45) is 0.884. The monoisotopic (exact) mass is 460 g/mol. The van der Waals surface area contributed by atoms with Gasteiger partial charge in [-0.15, -0.1) is 0 Å². The largest absolute Gasteiger partial charge is 0.497 e. The molecule has 0 saturated heterocycles. The minimum absolute atomic E-state index is 0.0394. The van der Waals surface area contributed by atoms with Crippen molar-refractivity contribution in [2.45, 2.75) is 32.0 Å². The van der Waals surface area contributed by atoms with Gasteiger partial charge >= 0.3 is 0 Å². The number of amides is 1. The van der Waals surface area contributed by atoms with E-state index in [0.29, 0.717) is 11.3 Å². The second-order valence-electron chi connectivity index (χ2n) is 8.55. The normalized spacial score (nSPS) is 16.3. The van der Waals surface area contributed by atoms with E-state index in [1.807, 2.05) is 42.5 Å². The molecule has 0 bridgehead atoms. The predicted octanol–water partition coefficient (Wildman–Crippen LogP) is 4.63. The molecule has 2 unspecified atom stereocenters. The average molecular weight is 461 g/mol. The van der Waals surface area contributed by atoms with Crippen LogP contribution in [0.2, 0.25) is 0 Å². The molecule has 2 atom stereocenters. The van der Waals surface area contributed by atoms with Crippen molar-refractivity contribution >= 4 is 5.91 Å². The molecule has 1 aliphatic heterocycles. The molecule has 0 spiro atoms. The van der Waals surface area contributed by atoms with Gasteiger partial charge in [0.05, 0.1) is 27.4 Å². The Labute approximate surface area is 201 Å². The molecule has 0 aromatic heterocycles. The second kappa shape index (κ2) is 10.6. The first-order chi connectivity index (χ1) is 16.5. The highest BCUT2D eigenvalue weighted by atomic mass is 16.5. The maximum absolute atomic E-state index is 13.0. The van der Waals surface area contributed by atoms with E-state index in [1.165, 1.54) is 5.56 Å². The summed E-state index contributed by atoms with van der Waals surface area (Å²) in [5.74, 6) is 2.17. The molecular weight excluding hydrogens is 428 g/mol. The van der Waals surface area contributed by atoms with Gasteiger partial charge in [0.25, 0.3) is 5.91 Å². The summed E-state index contributed by atoms with van der Waals surface area (Å²) in [6.45, 7) is 3.66. The van der Waals surface area contributed by atoms with Crippen LogP contribution in [0.4, 0.5) is 0 Å². The van der Waals surface area contributed by atoms with Crippen molar-refractivity contribution in [2.75, 3.05) is 27.9 Å². The van der Waals surface area contributed by atoms with E-state index in [2.05, 4.69) is 41.4 Å². The lowest BCUT2D eigenvalue weighted by Crippen LogP contribution is -2.47. The minimum Gasteiger partial charge on any atom is -0.497 e. The number of nitrogens with zero attached hydrogens (tertiary/aromatic N) is 1. The molecule has 0 aliphatic carbocycles. The lowest BCUT2D eigenvalue weighted by molar-refractivity contribution is 0.0877. The van der Waals surface area contributed by atoms with Crippen LogP contribution in [-0.4, -0.2) is 44.7 Å². The van der Waals surface area contributed by atoms with Gasteiger partial charge in [0.2, 0.25) is 0 Å². The van der Waals surface area contributed by atoms with Crippen molar-refractivity contribution in [3.8, 4) is 17.2 Å². The summed E-state index contributed by atoms with van der Waals surface area (Å²) >= 11 is 0. The van der Waals surface area contributed by atoms with E-state index in [9.17, 15) is 4.79 Å². The smallest absolute Gasteiger partial charge is 0.251 e. The number of carbonyl (C=O) groups excluding carboxylic acids is 1. The Balaban J connectivity index is 1.69. The molecule has 1 aliphatic rings. The summed E-state index contributed by atoms with van der Waals surface area (Å²) in [5.41, 5.74) is 4.17. The Morgan fingerprint density at radius 3 is 2.41 bits per heavy atom. The first-order valence-corrected chi connectivity index (χ1v) is 11.5. The van der Waals surface area contributed by atoms with Crippen molar-refractivity contribution in [3.63, 3.8) is 0 Å². The van der Waals surface area contributed by atoms with E-state index < -0.39 is 0 Å². The highest BCUT2D eigenvalue weighted by molar-refractivity contribution is 5.94. The Morgan fingerprint density at radius 2 is 1.71 bits per heavy atom. The van der Waals surface area contributed by atoms with Crippen LogP contribution < -0.4 is 19.5 Å². The number of benzene rings is 3. The first-order valence-electron chi connectivity index (χ1n) is 11.5. The molecule has 3 aromatic carbocycles. The van der Waals surface area contributed by atoms with E-state index in [1.54, 1.807) is 21.3 Å². The van der Waals surface area contributed by atoms with Crippen molar-refractivity contribution in [2.24, 2.45) is 0 Å². The number of nitrogens with one attached hydrogen (secondary N) is 1. The van der Waals surface area contributed by atoms with Crippen molar-refractivity contribution in [1.29, 1.82) is 0 Å². The molecular formula is C28H32N2O4. The van der Waals surface area contributed by atoms with Crippen LogP contribution in [0.5, 0.6) is 17.2 Å². The van der Waals surface area contributed by atoms with Gasteiger partial charge in [-0.3, -0.25) is 9.69 Å². The summed E-state index contributed by atoms with van der Waals surface area (Å²) in [5, 5.41) is 3.23. The van der Waals surface area contributed by atoms with Crippen molar-refractivity contribution in [1.82, 2.24) is 10.2 Å². The van der Waals surface area contributed by atoms with Gasteiger partial charge in [-0.25, -0.2) is 0 Å². The van der Waals surface area contributed by atoms with Crippen LogP contribution in [0.3, 0.4) is 0 Å². The fourth-order valence-corrected chi connectivity index (χ4v) is 4.76. The van der Waals surface area contributed by atoms with Crippen LogP contribution in [0.15, 0.2) is 66.7 Å². The highest BCUT2D eigenvalue weighted by Crippen LogP contribution is 2.40. The highest BCUT2D eigenvalue weighted by Gasteiger charge is 2.34. The third-order valence-electron chi connectivity index (χ3n) is 6.41. The Hall–Kier alpha value is -3.51. The fraction of sp³-hybridized carbons (Fsp3) is 0.321. The molecule has 34 heavy (non-hydrogen) atoms. The third-order valence-corrected chi connectivity index (χ3v) is 6.41. The molecule has 1 heterocycles. The predicted molar refractivity (Wildman–Crippen MR) is 133 cm³/mol. The quantitative estimate of drug-likeness (QED) is 0.531. The number of carbonyl (C=O) groups is 1. The molecule has 0 radical (unpaired) electrons. The summed E-state index contributed by atoms with van der Waals surface area (Å²) < 4.78 is 16.6. The standard InChI is InChI=1S/C28H32N2O4/c1-19(29-28(31)21-10-6-5-7-11-21)27-24-17-26(34-4)25(33-3)16-22(24)13-14-30(27)18-20-9-8-12-23(15-20)32-2/h5-12,15-17,19,27H,13-14,18H2,1-4H3,(H,29,31). The number of ether oxygens (including phenoxy) is 3. The van der Waals surface area contributed by atoms with Crippen molar-refractivity contribution < 1.29 is 19.0 Å². The zero-order valence-corrected chi connectivity index (χ0v) is 20.2. The number of hydrogen-bond acceptors (Lipinski definition) is 5. The lowest BCUT2D eigenvalue weighted by atomic mass is 9.87. The molecule has 4 rings (SSSR count). The van der Waals surface area contributed by atoms with Gasteiger partial charge < -0.3 is 19.5 Å². The lowest BCUT2D eigenvalue weighted by Gasteiger charge is -2.41. The number of methoxy groups -OCH3 is 3. The van der Waals surface area contributed by atoms with Gasteiger partial charge in [-0.1, -0.05) is 30.3 Å². The summed E-state index contributed by atoms with van der Waals surface area (Å²) in [7, 11) is 4.99. The Bertz CT molecular complexity index is 1130. The van der Waals surface area contributed by atoms with Gasteiger partial charge in [0.15, 0.2) is 11.5 Å². The zero-order chi connectivity index (χ0) is 24.1.